The van der Waals surface area contributed by atoms with Crippen LogP contribution in [0.5, 0.6) is 0 Å². The zero-order valence-corrected chi connectivity index (χ0v) is 14.3. The molecule has 27 heavy (non-hydrogen) atoms. The van der Waals surface area contributed by atoms with Crippen LogP contribution in [-0.4, -0.2) is 20.9 Å². The van der Waals surface area contributed by atoms with Crippen LogP contribution in [0, 0.1) is 0 Å². The monoisotopic (exact) mass is 356 g/mol. The number of nitrogen functional groups attached to an aromatic ring is 1. The molecule has 0 aliphatic carbocycles. The Kier molecular flexibility index (Phi) is 4.10. The van der Waals surface area contributed by atoms with Crippen molar-refractivity contribution in [2.45, 2.75) is 0 Å². The number of amides is 1. The molecule has 0 saturated carbocycles. The Hall–Kier alpha value is -4.00. The second-order valence-corrected chi connectivity index (χ2v) is 5.95. The highest BCUT2D eigenvalue weighted by Crippen LogP contribution is 2.29. The first kappa shape index (κ1) is 16.5. The van der Waals surface area contributed by atoms with E-state index < -0.39 is 5.91 Å². The summed E-state index contributed by atoms with van der Waals surface area (Å²) < 4.78 is 0. The van der Waals surface area contributed by atoms with Gasteiger partial charge in [-0.05, 0) is 42.5 Å². The number of hydrogen-bond acceptors (Lipinski definition) is 6. The van der Waals surface area contributed by atoms with E-state index in [-0.39, 0.29) is 0 Å². The van der Waals surface area contributed by atoms with E-state index >= 15 is 0 Å². The van der Waals surface area contributed by atoms with Crippen LogP contribution in [0.2, 0.25) is 0 Å². The molecular weight excluding hydrogens is 340 g/mol. The number of carbonyl (C=O) groups is 1. The summed E-state index contributed by atoms with van der Waals surface area (Å²) in [5, 5.41) is 3.99. The summed E-state index contributed by atoms with van der Waals surface area (Å²) in [6, 6.07) is 16.1. The van der Waals surface area contributed by atoms with Gasteiger partial charge in [-0.15, -0.1) is 0 Å². The van der Waals surface area contributed by atoms with Crippen molar-refractivity contribution in [2.75, 3.05) is 11.1 Å². The van der Waals surface area contributed by atoms with Gasteiger partial charge in [0, 0.05) is 29.0 Å². The number of anilines is 3. The maximum absolute atomic E-state index is 11.7. The Bertz CT molecular complexity index is 1140. The molecule has 2 aromatic carbocycles. The predicted octanol–water partition coefficient (Wildman–Crippen LogP) is 3.12. The Morgan fingerprint density at radius 1 is 1.00 bits per heavy atom. The van der Waals surface area contributed by atoms with Crippen molar-refractivity contribution < 1.29 is 4.79 Å². The molecule has 4 rings (SSSR count). The first-order chi connectivity index (χ1) is 13.1. The van der Waals surface area contributed by atoms with Gasteiger partial charge in [-0.3, -0.25) is 9.78 Å². The summed E-state index contributed by atoms with van der Waals surface area (Å²) in [6.07, 6.45) is 3.37. The quantitative estimate of drug-likeness (QED) is 0.483. The third-order valence-electron chi connectivity index (χ3n) is 4.09. The van der Waals surface area contributed by atoms with Gasteiger partial charge in [0.05, 0.1) is 16.8 Å². The van der Waals surface area contributed by atoms with Crippen molar-refractivity contribution in [3.63, 3.8) is 0 Å². The average Bonchev–Trinajstić information content (AvgIpc) is 2.68. The molecule has 0 saturated heterocycles. The van der Waals surface area contributed by atoms with Crippen LogP contribution in [0.3, 0.4) is 0 Å². The topological polar surface area (TPSA) is 120 Å². The molecule has 0 radical (unpaired) electrons. The summed E-state index contributed by atoms with van der Waals surface area (Å²) in [7, 11) is 0. The van der Waals surface area contributed by atoms with E-state index in [1.54, 1.807) is 42.7 Å². The van der Waals surface area contributed by atoms with Gasteiger partial charge in [-0.1, -0.05) is 12.1 Å². The number of benzene rings is 2. The molecule has 4 aromatic rings. The van der Waals surface area contributed by atoms with E-state index in [9.17, 15) is 4.79 Å². The van der Waals surface area contributed by atoms with Gasteiger partial charge in [0.15, 0.2) is 5.82 Å². The summed E-state index contributed by atoms with van der Waals surface area (Å²) in [4.78, 5) is 25.1. The van der Waals surface area contributed by atoms with Crippen LogP contribution in [0.15, 0.2) is 67.0 Å². The Morgan fingerprint density at radius 2 is 1.85 bits per heavy atom. The molecule has 2 aromatic heterocycles. The fourth-order valence-corrected chi connectivity index (χ4v) is 2.80. The normalized spacial score (nSPS) is 10.7. The van der Waals surface area contributed by atoms with Gasteiger partial charge >= 0.3 is 0 Å². The Morgan fingerprint density at radius 3 is 2.63 bits per heavy atom. The average molecular weight is 356 g/mol. The van der Waals surface area contributed by atoms with Gasteiger partial charge < -0.3 is 16.8 Å². The summed E-state index contributed by atoms with van der Waals surface area (Å²) in [5.74, 6) is 0.529. The highest BCUT2D eigenvalue weighted by Gasteiger charge is 2.13. The highest BCUT2D eigenvalue weighted by atomic mass is 16.1. The van der Waals surface area contributed by atoms with E-state index in [1.807, 2.05) is 24.3 Å². The number of primary amides is 1. The fourth-order valence-electron chi connectivity index (χ4n) is 2.80. The third-order valence-corrected chi connectivity index (χ3v) is 4.09. The van der Waals surface area contributed by atoms with Crippen LogP contribution in [0.4, 0.5) is 17.2 Å². The molecule has 2 heterocycles. The molecule has 0 atom stereocenters. The molecule has 5 N–H and O–H groups in total. The number of para-hydroxylation sites is 1. The number of nitrogens with one attached hydrogen (secondary N) is 1. The number of carbonyl (C=O) groups excluding carboxylic acids is 1. The van der Waals surface area contributed by atoms with Gasteiger partial charge in [0.2, 0.25) is 0 Å². The largest absolute Gasteiger partial charge is 0.399 e. The minimum absolute atomic E-state index is 0.377. The van der Waals surface area contributed by atoms with Crippen LogP contribution in [0.25, 0.3) is 22.3 Å². The lowest BCUT2D eigenvalue weighted by Gasteiger charge is -2.13. The number of aromatic nitrogens is 3. The van der Waals surface area contributed by atoms with Crippen molar-refractivity contribution in [1.82, 2.24) is 15.0 Å². The van der Waals surface area contributed by atoms with Gasteiger partial charge in [-0.2, -0.15) is 0 Å². The Labute approximate surface area is 155 Å². The van der Waals surface area contributed by atoms with Crippen LogP contribution in [0.1, 0.15) is 10.4 Å². The number of pyridine rings is 1. The summed E-state index contributed by atoms with van der Waals surface area (Å²) in [6.45, 7) is 0. The minimum atomic E-state index is -0.520. The molecule has 0 fully saturated rings. The zero-order valence-electron chi connectivity index (χ0n) is 14.3. The van der Waals surface area contributed by atoms with E-state index in [4.69, 9.17) is 11.5 Å². The van der Waals surface area contributed by atoms with Gasteiger partial charge in [0.25, 0.3) is 5.91 Å². The fraction of sp³-hybridized carbons (Fsp3) is 0. The van der Waals surface area contributed by atoms with Gasteiger partial charge in [-0.25, -0.2) is 9.97 Å². The molecule has 0 bridgehead atoms. The predicted molar refractivity (Wildman–Crippen MR) is 105 cm³/mol. The number of fused-ring (bicyclic) bond motifs is 1. The van der Waals surface area contributed by atoms with Crippen molar-refractivity contribution in [3.05, 3.63) is 72.6 Å². The van der Waals surface area contributed by atoms with Crippen molar-refractivity contribution in [2.24, 2.45) is 5.73 Å². The highest BCUT2D eigenvalue weighted by molar-refractivity contribution is 6.01. The molecule has 7 nitrogen and oxygen atoms in total. The standard InChI is InChI=1S/C20H16N6O/c21-13-7-8-15-17(10-13)25-19(12-4-3-9-23-11-12)26-20(15)24-16-6-2-1-5-14(16)18(22)27/h1-11H,21H2,(H2,22,27)(H,24,25,26). The number of nitrogens with zero attached hydrogens (tertiary/aromatic N) is 3. The number of rotatable bonds is 4. The third kappa shape index (κ3) is 3.25. The molecule has 0 aliphatic rings. The number of hydrogen-bond donors (Lipinski definition) is 3. The lowest BCUT2D eigenvalue weighted by molar-refractivity contribution is 0.100. The van der Waals surface area contributed by atoms with Gasteiger partial charge in [0.1, 0.15) is 5.82 Å². The second-order valence-electron chi connectivity index (χ2n) is 5.95. The van der Waals surface area contributed by atoms with E-state index in [1.165, 1.54) is 0 Å². The Balaban J connectivity index is 1.90. The zero-order chi connectivity index (χ0) is 18.8. The number of nitrogens with two attached hydrogens (primary N) is 2. The lowest BCUT2D eigenvalue weighted by Crippen LogP contribution is -2.13. The van der Waals surface area contributed by atoms with E-state index in [2.05, 4.69) is 20.3 Å². The molecule has 132 valence electrons. The SMILES string of the molecule is NC(=O)c1ccccc1Nc1nc(-c2cccnc2)nc2cc(N)ccc12. The lowest BCUT2D eigenvalue weighted by atomic mass is 10.1. The molecule has 1 amide bonds. The van der Waals surface area contributed by atoms with Crippen LogP contribution >= 0.6 is 0 Å². The summed E-state index contributed by atoms with van der Waals surface area (Å²) in [5.41, 5.74) is 14.4. The smallest absolute Gasteiger partial charge is 0.250 e. The maximum atomic E-state index is 11.7. The van der Waals surface area contributed by atoms with Crippen LogP contribution in [-0.2, 0) is 0 Å². The summed E-state index contributed by atoms with van der Waals surface area (Å²) >= 11 is 0. The molecule has 7 heteroatoms. The van der Waals surface area contributed by atoms with Crippen molar-refractivity contribution in [3.8, 4) is 11.4 Å². The maximum Gasteiger partial charge on any atom is 0.250 e. The van der Waals surface area contributed by atoms with Crippen molar-refractivity contribution in [1.29, 1.82) is 0 Å². The first-order valence-corrected chi connectivity index (χ1v) is 8.25. The first-order valence-electron chi connectivity index (χ1n) is 8.25. The van der Waals surface area contributed by atoms with E-state index in [0.29, 0.717) is 34.1 Å². The molecule has 0 spiro atoms. The second kappa shape index (κ2) is 6.72. The molecular formula is C20H16N6O. The van der Waals surface area contributed by atoms with Crippen molar-refractivity contribution >= 4 is 34.0 Å². The van der Waals surface area contributed by atoms with E-state index in [0.717, 1.165) is 10.9 Å². The van der Waals surface area contributed by atoms with Crippen LogP contribution < -0.4 is 16.8 Å². The molecule has 0 aliphatic heterocycles. The minimum Gasteiger partial charge on any atom is -0.399 e. The molecule has 0 unspecified atom stereocenters.